The van der Waals surface area contributed by atoms with Gasteiger partial charge < -0.3 is 14.8 Å². The SMILES string of the molecule is CCNS(=O)(=O)c1ccccc1NCC1COC(C)(C)O1. The maximum absolute atomic E-state index is 12.1. The molecule has 1 aliphatic heterocycles. The van der Waals surface area contributed by atoms with Crippen molar-refractivity contribution in [1.82, 2.24) is 4.72 Å². The van der Waals surface area contributed by atoms with Gasteiger partial charge in [0.25, 0.3) is 0 Å². The van der Waals surface area contributed by atoms with E-state index in [9.17, 15) is 8.42 Å². The largest absolute Gasteiger partial charge is 0.381 e. The Labute approximate surface area is 125 Å². The Morgan fingerprint density at radius 1 is 1.33 bits per heavy atom. The number of ether oxygens (including phenoxy) is 2. The van der Waals surface area contributed by atoms with Crippen molar-refractivity contribution < 1.29 is 17.9 Å². The van der Waals surface area contributed by atoms with E-state index in [1.807, 2.05) is 13.8 Å². The minimum atomic E-state index is -3.49. The fraction of sp³-hybridized carbons (Fsp3) is 0.571. The number of hydrogen-bond acceptors (Lipinski definition) is 5. The van der Waals surface area contributed by atoms with Gasteiger partial charge in [-0.25, -0.2) is 13.1 Å². The number of hydrogen-bond donors (Lipinski definition) is 2. The molecule has 1 aromatic carbocycles. The van der Waals surface area contributed by atoms with E-state index in [2.05, 4.69) is 10.0 Å². The maximum atomic E-state index is 12.1. The molecule has 0 aromatic heterocycles. The molecule has 21 heavy (non-hydrogen) atoms. The summed E-state index contributed by atoms with van der Waals surface area (Å²) < 4.78 is 38.0. The van der Waals surface area contributed by atoms with E-state index >= 15 is 0 Å². The summed E-state index contributed by atoms with van der Waals surface area (Å²) in [5.74, 6) is -0.582. The fourth-order valence-corrected chi connectivity index (χ4v) is 3.43. The Bertz CT molecular complexity index is 586. The molecule has 1 heterocycles. The van der Waals surface area contributed by atoms with Crippen LogP contribution >= 0.6 is 0 Å². The lowest BCUT2D eigenvalue weighted by Crippen LogP contribution is -2.28. The molecule has 6 nitrogen and oxygen atoms in total. The number of anilines is 1. The van der Waals surface area contributed by atoms with E-state index in [4.69, 9.17) is 9.47 Å². The molecule has 0 spiro atoms. The number of para-hydroxylation sites is 1. The second-order valence-corrected chi connectivity index (χ2v) is 7.06. The summed E-state index contributed by atoms with van der Waals surface area (Å²) in [4.78, 5) is 0.241. The predicted octanol–water partition coefficient (Wildman–Crippen LogP) is 1.55. The normalized spacial score (nSPS) is 21.4. The standard InChI is InChI=1S/C14H22N2O4S/c1-4-16-21(17,18)13-8-6-5-7-12(13)15-9-11-10-19-14(2,3)20-11/h5-8,11,15-16H,4,9-10H2,1-3H3. The molecule has 0 aliphatic carbocycles. The Hall–Kier alpha value is -1.15. The van der Waals surface area contributed by atoms with Crippen molar-refractivity contribution in [2.75, 3.05) is 25.0 Å². The number of nitrogens with one attached hydrogen (secondary N) is 2. The van der Waals surface area contributed by atoms with E-state index in [0.717, 1.165) is 0 Å². The van der Waals surface area contributed by atoms with Crippen LogP contribution in [0.4, 0.5) is 5.69 Å². The zero-order valence-electron chi connectivity index (χ0n) is 12.5. The van der Waals surface area contributed by atoms with Crippen LogP contribution in [0, 0.1) is 0 Å². The number of sulfonamides is 1. The minimum Gasteiger partial charge on any atom is -0.381 e. The van der Waals surface area contributed by atoms with Crippen LogP contribution in [0.3, 0.4) is 0 Å². The van der Waals surface area contributed by atoms with Crippen LogP contribution in [0.2, 0.25) is 0 Å². The molecule has 2 N–H and O–H groups in total. The molecule has 1 atom stereocenters. The zero-order valence-corrected chi connectivity index (χ0v) is 13.4. The van der Waals surface area contributed by atoms with Gasteiger partial charge in [-0.05, 0) is 26.0 Å². The predicted molar refractivity (Wildman–Crippen MR) is 80.7 cm³/mol. The van der Waals surface area contributed by atoms with Crippen molar-refractivity contribution >= 4 is 15.7 Å². The van der Waals surface area contributed by atoms with Gasteiger partial charge in [-0.15, -0.1) is 0 Å². The number of benzene rings is 1. The molecular weight excluding hydrogens is 292 g/mol. The average molecular weight is 314 g/mol. The van der Waals surface area contributed by atoms with E-state index in [-0.39, 0.29) is 11.0 Å². The molecule has 0 bridgehead atoms. The lowest BCUT2D eigenvalue weighted by molar-refractivity contribution is -0.136. The second kappa shape index (κ2) is 6.31. The summed E-state index contributed by atoms with van der Waals surface area (Å²) in [5, 5.41) is 3.13. The van der Waals surface area contributed by atoms with Crippen LogP contribution < -0.4 is 10.0 Å². The Morgan fingerprint density at radius 2 is 2.05 bits per heavy atom. The minimum absolute atomic E-state index is 0.102. The highest BCUT2D eigenvalue weighted by atomic mass is 32.2. The lowest BCUT2D eigenvalue weighted by Gasteiger charge is -2.18. The van der Waals surface area contributed by atoms with Crippen LogP contribution in [-0.4, -0.2) is 40.0 Å². The molecule has 7 heteroatoms. The van der Waals surface area contributed by atoms with Gasteiger partial charge in [-0.1, -0.05) is 19.1 Å². The van der Waals surface area contributed by atoms with Crippen molar-refractivity contribution in [2.24, 2.45) is 0 Å². The first-order chi connectivity index (χ1) is 9.84. The van der Waals surface area contributed by atoms with Gasteiger partial charge in [0, 0.05) is 13.1 Å². The van der Waals surface area contributed by atoms with Crippen molar-refractivity contribution in [3.63, 3.8) is 0 Å². The third-order valence-electron chi connectivity index (χ3n) is 3.10. The van der Waals surface area contributed by atoms with Crippen molar-refractivity contribution in [3.05, 3.63) is 24.3 Å². The van der Waals surface area contributed by atoms with Crippen molar-refractivity contribution in [3.8, 4) is 0 Å². The van der Waals surface area contributed by atoms with Gasteiger partial charge in [0.2, 0.25) is 10.0 Å². The molecule has 1 fully saturated rings. The fourth-order valence-electron chi connectivity index (χ4n) is 2.20. The lowest BCUT2D eigenvalue weighted by atomic mass is 10.3. The molecule has 1 aromatic rings. The van der Waals surface area contributed by atoms with Gasteiger partial charge in [0.1, 0.15) is 11.0 Å². The Kier molecular flexibility index (Phi) is 4.88. The molecule has 0 amide bonds. The van der Waals surface area contributed by atoms with E-state index in [0.29, 0.717) is 25.4 Å². The summed E-state index contributed by atoms with van der Waals surface area (Å²) in [6.45, 7) is 6.79. The average Bonchev–Trinajstić information content (AvgIpc) is 2.76. The van der Waals surface area contributed by atoms with Gasteiger partial charge in [-0.2, -0.15) is 0 Å². The van der Waals surface area contributed by atoms with Crippen LogP contribution in [0.5, 0.6) is 0 Å². The van der Waals surface area contributed by atoms with Crippen molar-refractivity contribution in [1.29, 1.82) is 0 Å². The summed E-state index contributed by atoms with van der Waals surface area (Å²) >= 11 is 0. The first kappa shape index (κ1) is 16.2. The zero-order chi connectivity index (χ0) is 15.5. The summed E-state index contributed by atoms with van der Waals surface area (Å²) in [6, 6.07) is 6.82. The number of rotatable bonds is 6. The summed E-state index contributed by atoms with van der Waals surface area (Å²) in [7, 11) is -3.49. The van der Waals surface area contributed by atoms with Crippen molar-refractivity contribution in [2.45, 2.75) is 37.6 Å². The van der Waals surface area contributed by atoms with Gasteiger partial charge in [0.05, 0.1) is 12.3 Å². The summed E-state index contributed by atoms with van der Waals surface area (Å²) in [6.07, 6.45) is -0.102. The molecule has 2 rings (SSSR count). The molecule has 1 saturated heterocycles. The second-order valence-electron chi connectivity index (χ2n) is 5.33. The highest BCUT2D eigenvalue weighted by molar-refractivity contribution is 7.89. The molecule has 1 unspecified atom stereocenters. The molecule has 0 radical (unpaired) electrons. The molecular formula is C14H22N2O4S. The summed E-state index contributed by atoms with van der Waals surface area (Å²) in [5.41, 5.74) is 0.562. The van der Waals surface area contributed by atoms with Gasteiger partial charge in [-0.3, -0.25) is 0 Å². The monoisotopic (exact) mass is 314 g/mol. The smallest absolute Gasteiger partial charge is 0.242 e. The quantitative estimate of drug-likeness (QED) is 0.833. The third kappa shape index (κ3) is 4.16. The van der Waals surface area contributed by atoms with Crippen LogP contribution in [0.15, 0.2) is 29.2 Å². The highest BCUT2D eigenvalue weighted by Gasteiger charge is 2.32. The third-order valence-corrected chi connectivity index (χ3v) is 4.70. The highest BCUT2D eigenvalue weighted by Crippen LogP contribution is 2.24. The maximum Gasteiger partial charge on any atom is 0.242 e. The van der Waals surface area contributed by atoms with E-state index < -0.39 is 15.8 Å². The van der Waals surface area contributed by atoms with Crippen LogP contribution in [-0.2, 0) is 19.5 Å². The topological polar surface area (TPSA) is 76.7 Å². The van der Waals surface area contributed by atoms with E-state index in [1.54, 1.807) is 31.2 Å². The van der Waals surface area contributed by atoms with Gasteiger partial charge in [0.15, 0.2) is 5.79 Å². The van der Waals surface area contributed by atoms with E-state index in [1.165, 1.54) is 0 Å². The van der Waals surface area contributed by atoms with Crippen LogP contribution in [0.25, 0.3) is 0 Å². The Morgan fingerprint density at radius 3 is 2.67 bits per heavy atom. The first-order valence-electron chi connectivity index (χ1n) is 6.98. The van der Waals surface area contributed by atoms with Crippen LogP contribution in [0.1, 0.15) is 20.8 Å². The first-order valence-corrected chi connectivity index (χ1v) is 8.47. The molecule has 0 saturated carbocycles. The Balaban J connectivity index is 2.08. The molecule has 1 aliphatic rings. The van der Waals surface area contributed by atoms with Gasteiger partial charge >= 0.3 is 0 Å². The molecule has 118 valence electrons.